The summed E-state index contributed by atoms with van der Waals surface area (Å²) in [5, 5.41) is 16.6. The number of carboxylic acid groups (broad SMARTS) is 1. The number of guanidine groups is 3. The normalized spacial score (nSPS) is 12.7. The van der Waals surface area contributed by atoms with Crippen LogP contribution < -0.4 is 56.1 Å². The zero-order valence-corrected chi connectivity index (χ0v) is 21.3. The molecule has 3 unspecified atom stereocenters. The Morgan fingerprint density at radius 1 is 0.658 bits per heavy atom. The fourth-order valence-corrected chi connectivity index (χ4v) is 3.00. The highest BCUT2D eigenvalue weighted by molar-refractivity contribution is 5.92. The van der Waals surface area contributed by atoms with Crippen molar-refractivity contribution in [2.75, 3.05) is 26.2 Å². The first-order valence-electron chi connectivity index (χ1n) is 11.9. The Kier molecular flexibility index (Phi) is 16.7. The molecule has 0 rings (SSSR count). The highest BCUT2D eigenvalue weighted by atomic mass is 16.4. The van der Waals surface area contributed by atoms with Gasteiger partial charge in [-0.05, 0) is 38.5 Å². The zero-order chi connectivity index (χ0) is 29.1. The number of hydrogen-bond donors (Lipinski definition) is 11. The molecule has 0 bridgehead atoms. The Balaban J connectivity index is 4.98. The highest BCUT2D eigenvalue weighted by Crippen LogP contribution is 2.02. The van der Waals surface area contributed by atoms with Gasteiger partial charge >= 0.3 is 5.97 Å². The molecular weight excluding hydrogens is 502 g/mol. The second-order valence-electron chi connectivity index (χ2n) is 8.19. The first-order chi connectivity index (χ1) is 17.8. The van der Waals surface area contributed by atoms with Crippen LogP contribution in [0, 0.1) is 0 Å². The van der Waals surface area contributed by atoms with E-state index in [1.165, 1.54) is 0 Å². The second-order valence-corrected chi connectivity index (χ2v) is 8.19. The smallest absolute Gasteiger partial charge is 0.326 e. The van der Waals surface area contributed by atoms with E-state index < -0.39 is 48.4 Å². The topological polar surface area (TPSA) is 344 Å². The van der Waals surface area contributed by atoms with Gasteiger partial charge < -0.3 is 61.2 Å². The summed E-state index contributed by atoms with van der Waals surface area (Å²) >= 11 is 0. The summed E-state index contributed by atoms with van der Waals surface area (Å²) < 4.78 is 0. The number of aliphatic imine (C=N–C) groups is 3. The van der Waals surface area contributed by atoms with Crippen LogP contribution in [0.2, 0.25) is 0 Å². The number of carboxylic acids is 1. The van der Waals surface area contributed by atoms with E-state index in [2.05, 4.69) is 30.9 Å². The molecule has 0 heterocycles. The van der Waals surface area contributed by atoms with Crippen molar-refractivity contribution in [3.05, 3.63) is 0 Å². The minimum Gasteiger partial charge on any atom is -0.480 e. The predicted molar refractivity (Wildman–Crippen MR) is 142 cm³/mol. The van der Waals surface area contributed by atoms with E-state index in [4.69, 9.17) is 40.1 Å². The first kappa shape index (κ1) is 33.7. The van der Waals surface area contributed by atoms with Crippen LogP contribution >= 0.6 is 0 Å². The highest BCUT2D eigenvalue weighted by Gasteiger charge is 2.25. The minimum atomic E-state index is -1.26. The molecule has 0 fully saturated rings. The van der Waals surface area contributed by atoms with Crippen molar-refractivity contribution in [1.82, 2.24) is 16.0 Å². The van der Waals surface area contributed by atoms with E-state index in [0.717, 1.165) is 0 Å². The van der Waals surface area contributed by atoms with E-state index in [1.807, 2.05) is 0 Å². The fourth-order valence-electron chi connectivity index (χ4n) is 3.00. The van der Waals surface area contributed by atoms with Crippen LogP contribution in [-0.4, -0.2) is 91.0 Å². The lowest BCUT2D eigenvalue weighted by atomic mass is 10.1. The van der Waals surface area contributed by atoms with Gasteiger partial charge in [-0.1, -0.05) is 0 Å². The standard InChI is InChI=1S/C20H41N13O5/c21-11(4-1-7-28-18(22)23)15(35)33-12(5-2-8-29-19(24)25)16(36)31-10-14(34)32-13(17(37)38)6-3-9-30-20(26)27/h11-13H,1-10,21H2,(H,31,36)(H,32,34)(H,33,35)(H,37,38)(H4,22,23,28)(H4,24,25,29)(H4,26,27,30). The van der Waals surface area contributed by atoms with E-state index in [-0.39, 0.29) is 56.8 Å². The lowest BCUT2D eigenvalue weighted by Gasteiger charge is -2.21. The van der Waals surface area contributed by atoms with Crippen LogP contribution in [0.15, 0.2) is 15.0 Å². The summed E-state index contributed by atoms with van der Waals surface area (Å²) in [6, 6.07) is -3.19. The maximum atomic E-state index is 12.7. The van der Waals surface area contributed by atoms with E-state index in [0.29, 0.717) is 19.3 Å². The van der Waals surface area contributed by atoms with Crippen molar-refractivity contribution in [3.8, 4) is 0 Å². The van der Waals surface area contributed by atoms with Gasteiger partial charge in [0.25, 0.3) is 0 Å². The van der Waals surface area contributed by atoms with Gasteiger partial charge in [-0.3, -0.25) is 29.4 Å². The summed E-state index contributed by atoms with van der Waals surface area (Å²) in [7, 11) is 0. The lowest BCUT2D eigenvalue weighted by Crippen LogP contribution is -2.53. The predicted octanol–water partition coefficient (Wildman–Crippen LogP) is -5.36. The fraction of sp³-hybridized carbons (Fsp3) is 0.650. The molecule has 18 heteroatoms. The van der Waals surface area contributed by atoms with Gasteiger partial charge in [-0.2, -0.15) is 0 Å². The van der Waals surface area contributed by atoms with Gasteiger partial charge in [0, 0.05) is 19.6 Å². The molecule has 3 atom stereocenters. The van der Waals surface area contributed by atoms with Crippen molar-refractivity contribution in [2.45, 2.75) is 56.7 Å². The van der Waals surface area contributed by atoms with Crippen molar-refractivity contribution in [1.29, 1.82) is 0 Å². The van der Waals surface area contributed by atoms with Crippen molar-refractivity contribution >= 4 is 41.6 Å². The van der Waals surface area contributed by atoms with Gasteiger partial charge in [0.2, 0.25) is 17.7 Å². The molecule has 0 aliphatic heterocycles. The molecule has 0 saturated heterocycles. The van der Waals surface area contributed by atoms with E-state index in [1.54, 1.807) is 0 Å². The molecule has 216 valence electrons. The molecule has 0 spiro atoms. The average Bonchev–Trinajstić information content (AvgIpc) is 2.83. The number of amides is 3. The van der Waals surface area contributed by atoms with Gasteiger partial charge in [-0.15, -0.1) is 0 Å². The number of carbonyl (C=O) groups excluding carboxylic acids is 3. The summed E-state index contributed by atoms with van der Waals surface area (Å²) in [6.45, 7) is 0.150. The van der Waals surface area contributed by atoms with Gasteiger partial charge in [0.05, 0.1) is 12.6 Å². The van der Waals surface area contributed by atoms with Crippen molar-refractivity contribution < 1.29 is 24.3 Å². The molecular formula is C20H41N13O5. The third kappa shape index (κ3) is 17.1. The second kappa shape index (κ2) is 18.9. The Labute approximate surface area is 220 Å². The molecule has 0 radical (unpaired) electrons. The van der Waals surface area contributed by atoms with Crippen LogP contribution in [0.25, 0.3) is 0 Å². The summed E-state index contributed by atoms with van der Waals surface area (Å²) in [4.78, 5) is 60.3. The quantitative estimate of drug-likeness (QED) is 0.0413. The number of aliphatic carboxylic acids is 1. The van der Waals surface area contributed by atoms with Gasteiger partial charge in [0.1, 0.15) is 12.1 Å². The maximum Gasteiger partial charge on any atom is 0.326 e. The monoisotopic (exact) mass is 543 g/mol. The first-order valence-corrected chi connectivity index (χ1v) is 11.9. The van der Waals surface area contributed by atoms with Gasteiger partial charge in [0.15, 0.2) is 17.9 Å². The lowest BCUT2D eigenvalue weighted by molar-refractivity contribution is -0.142. The van der Waals surface area contributed by atoms with Gasteiger partial charge in [-0.25, -0.2) is 4.79 Å². The number of nitrogens with two attached hydrogens (primary N) is 7. The molecule has 0 aliphatic rings. The Bertz CT molecular complexity index is 865. The van der Waals surface area contributed by atoms with Crippen LogP contribution in [0.4, 0.5) is 0 Å². The number of hydrogen-bond acceptors (Lipinski definition) is 8. The number of carbonyl (C=O) groups is 4. The minimum absolute atomic E-state index is 0.0658. The summed E-state index contributed by atoms with van der Waals surface area (Å²) in [6.07, 6.45) is 1.53. The molecule has 0 aromatic carbocycles. The van der Waals surface area contributed by atoms with E-state index >= 15 is 0 Å². The third-order valence-corrected chi connectivity index (χ3v) is 4.88. The zero-order valence-electron chi connectivity index (χ0n) is 21.3. The van der Waals surface area contributed by atoms with Crippen LogP contribution in [0.1, 0.15) is 38.5 Å². The molecule has 18 N–H and O–H groups in total. The molecule has 0 aliphatic carbocycles. The largest absolute Gasteiger partial charge is 0.480 e. The van der Waals surface area contributed by atoms with Crippen molar-refractivity contribution in [2.24, 2.45) is 55.1 Å². The molecule has 0 aromatic rings. The molecule has 0 saturated carbocycles. The number of nitrogens with one attached hydrogen (secondary N) is 3. The average molecular weight is 544 g/mol. The Morgan fingerprint density at radius 2 is 1.11 bits per heavy atom. The van der Waals surface area contributed by atoms with Crippen LogP contribution in [-0.2, 0) is 19.2 Å². The molecule has 0 aromatic heterocycles. The summed E-state index contributed by atoms with van der Waals surface area (Å²) in [5.74, 6) is -3.59. The molecule has 3 amide bonds. The summed E-state index contributed by atoms with van der Waals surface area (Å²) in [5.41, 5.74) is 37.4. The Hall–Kier alpha value is -4.35. The van der Waals surface area contributed by atoms with Crippen LogP contribution in [0.5, 0.6) is 0 Å². The van der Waals surface area contributed by atoms with Crippen molar-refractivity contribution in [3.63, 3.8) is 0 Å². The maximum absolute atomic E-state index is 12.7. The SMILES string of the molecule is NC(N)=NCCCC(N)C(=O)NC(CCCN=C(N)N)C(=O)NCC(=O)NC(CCCN=C(N)N)C(=O)O. The number of rotatable bonds is 19. The molecule has 18 nitrogen and oxygen atoms in total. The molecule has 38 heavy (non-hydrogen) atoms. The van der Waals surface area contributed by atoms with E-state index in [9.17, 15) is 24.3 Å². The van der Waals surface area contributed by atoms with Crippen LogP contribution in [0.3, 0.4) is 0 Å². The number of nitrogens with zero attached hydrogens (tertiary/aromatic N) is 3. The third-order valence-electron chi connectivity index (χ3n) is 4.88. The Morgan fingerprint density at radius 3 is 1.55 bits per heavy atom.